The number of methoxy groups -OCH3 is 2. The number of halogens is 1. The maximum absolute atomic E-state index is 14.3. The van der Waals surface area contributed by atoms with Gasteiger partial charge in [0.1, 0.15) is 16.9 Å². The summed E-state index contributed by atoms with van der Waals surface area (Å²) in [5.74, 6) is -0.802. The molecule has 2 heterocycles. The predicted octanol–water partition coefficient (Wildman–Crippen LogP) is 3.73. The van der Waals surface area contributed by atoms with Gasteiger partial charge in [-0.25, -0.2) is 9.37 Å². The van der Waals surface area contributed by atoms with Gasteiger partial charge >= 0.3 is 0 Å². The third kappa shape index (κ3) is 5.34. The maximum Gasteiger partial charge on any atom is 0.286 e. The van der Waals surface area contributed by atoms with Gasteiger partial charge in [-0.2, -0.15) is 0 Å². The van der Waals surface area contributed by atoms with Crippen LogP contribution in [0, 0.1) is 15.9 Å². The van der Waals surface area contributed by atoms with Gasteiger partial charge in [0.15, 0.2) is 16.6 Å². The number of para-hydroxylation sites is 1. The van der Waals surface area contributed by atoms with Crippen molar-refractivity contribution in [3.63, 3.8) is 0 Å². The summed E-state index contributed by atoms with van der Waals surface area (Å²) in [7, 11) is 2.74. The molecule has 0 atom stereocenters. The predicted molar refractivity (Wildman–Crippen MR) is 129 cm³/mol. The topological polar surface area (TPSA) is 107 Å². The second-order valence-electron chi connectivity index (χ2n) is 7.83. The Kier molecular flexibility index (Phi) is 7.73. The van der Waals surface area contributed by atoms with E-state index in [1.165, 1.54) is 31.3 Å². The van der Waals surface area contributed by atoms with Crippen LogP contribution in [0.5, 0.6) is 11.5 Å². The molecular formula is C23H25FN4O6S. The third-order valence-electron chi connectivity index (χ3n) is 5.72. The first kappa shape index (κ1) is 24.8. The van der Waals surface area contributed by atoms with Crippen LogP contribution in [0.25, 0.3) is 10.2 Å². The highest BCUT2D eigenvalue weighted by Gasteiger charge is 2.30. The van der Waals surface area contributed by atoms with Crippen molar-refractivity contribution in [3.05, 3.63) is 51.8 Å². The number of anilines is 1. The molecule has 0 aliphatic carbocycles. The van der Waals surface area contributed by atoms with Gasteiger partial charge in [-0.3, -0.25) is 24.7 Å². The number of nitro groups is 1. The van der Waals surface area contributed by atoms with Gasteiger partial charge in [0.2, 0.25) is 0 Å². The minimum absolute atomic E-state index is 0.136. The van der Waals surface area contributed by atoms with Crippen molar-refractivity contribution < 1.29 is 28.3 Å². The van der Waals surface area contributed by atoms with Gasteiger partial charge in [0.25, 0.3) is 11.6 Å². The molecule has 0 spiro atoms. The van der Waals surface area contributed by atoms with E-state index in [2.05, 4.69) is 9.88 Å². The lowest BCUT2D eigenvalue weighted by Gasteiger charge is -2.27. The number of hydrogen-bond donors (Lipinski definition) is 0. The molecule has 0 bridgehead atoms. The van der Waals surface area contributed by atoms with E-state index in [-0.39, 0.29) is 34.3 Å². The zero-order valence-corrected chi connectivity index (χ0v) is 20.2. The lowest BCUT2D eigenvalue weighted by Crippen LogP contribution is -2.39. The number of morpholine rings is 1. The molecule has 0 saturated carbocycles. The van der Waals surface area contributed by atoms with Gasteiger partial charge in [-0.15, -0.1) is 0 Å². The molecule has 186 valence electrons. The van der Waals surface area contributed by atoms with Crippen LogP contribution in [0.1, 0.15) is 16.8 Å². The van der Waals surface area contributed by atoms with Crippen molar-refractivity contribution in [1.29, 1.82) is 0 Å². The number of nitrogens with zero attached hydrogens (tertiary/aromatic N) is 4. The Bertz CT molecular complexity index is 1230. The quantitative estimate of drug-likeness (QED) is 0.321. The van der Waals surface area contributed by atoms with Gasteiger partial charge in [-0.1, -0.05) is 17.4 Å². The number of carbonyl (C=O) groups is 1. The Morgan fingerprint density at radius 2 is 1.97 bits per heavy atom. The summed E-state index contributed by atoms with van der Waals surface area (Å²) < 4.78 is 30.7. The van der Waals surface area contributed by atoms with E-state index in [1.54, 1.807) is 12.1 Å². The fourth-order valence-corrected chi connectivity index (χ4v) is 4.92. The minimum Gasteiger partial charge on any atom is -0.493 e. The number of fused-ring (bicyclic) bond motifs is 1. The molecule has 1 fully saturated rings. The Morgan fingerprint density at radius 1 is 1.26 bits per heavy atom. The van der Waals surface area contributed by atoms with Crippen LogP contribution in [0.3, 0.4) is 0 Å². The first-order valence-corrected chi connectivity index (χ1v) is 11.8. The number of hydrogen-bond acceptors (Lipinski definition) is 9. The second-order valence-corrected chi connectivity index (χ2v) is 8.84. The lowest BCUT2D eigenvalue weighted by atomic mass is 10.1. The van der Waals surface area contributed by atoms with Crippen LogP contribution < -0.4 is 14.4 Å². The summed E-state index contributed by atoms with van der Waals surface area (Å²) in [4.78, 5) is 32.9. The molecule has 35 heavy (non-hydrogen) atoms. The molecule has 12 heteroatoms. The van der Waals surface area contributed by atoms with Gasteiger partial charge < -0.3 is 14.2 Å². The molecule has 1 amide bonds. The van der Waals surface area contributed by atoms with Crippen molar-refractivity contribution in [2.45, 2.75) is 6.42 Å². The average Bonchev–Trinajstić information content (AvgIpc) is 3.31. The summed E-state index contributed by atoms with van der Waals surface area (Å²) in [6, 6.07) is 7.05. The van der Waals surface area contributed by atoms with Crippen LogP contribution in [0.4, 0.5) is 15.2 Å². The first-order chi connectivity index (χ1) is 16.9. The fraction of sp³-hybridized carbons (Fsp3) is 0.391. The zero-order chi connectivity index (χ0) is 24.9. The minimum atomic E-state index is -0.640. The van der Waals surface area contributed by atoms with Crippen LogP contribution in [0.15, 0.2) is 30.3 Å². The summed E-state index contributed by atoms with van der Waals surface area (Å²) in [5, 5.41) is 12.1. The summed E-state index contributed by atoms with van der Waals surface area (Å²) in [5.41, 5.74) is -0.433. The summed E-state index contributed by atoms with van der Waals surface area (Å²) in [6.45, 7) is 3.84. The van der Waals surface area contributed by atoms with Crippen molar-refractivity contribution in [1.82, 2.24) is 9.88 Å². The molecule has 1 aliphatic rings. The molecule has 0 radical (unpaired) electrons. The molecular weight excluding hydrogens is 479 g/mol. The van der Waals surface area contributed by atoms with Crippen molar-refractivity contribution in [2.24, 2.45) is 0 Å². The Balaban J connectivity index is 1.71. The number of rotatable bonds is 9. The summed E-state index contributed by atoms with van der Waals surface area (Å²) in [6.07, 6.45) is 0.589. The molecule has 0 unspecified atom stereocenters. The zero-order valence-electron chi connectivity index (χ0n) is 19.4. The molecule has 4 rings (SSSR count). The van der Waals surface area contributed by atoms with Crippen molar-refractivity contribution in [2.75, 3.05) is 58.5 Å². The number of amides is 1. The highest BCUT2D eigenvalue weighted by Crippen LogP contribution is 2.37. The second kappa shape index (κ2) is 10.9. The van der Waals surface area contributed by atoms with Crippen LogP contribution >= 0.6 is 11.3 Å². The van der Waals surface area contributed by atoms with Crippen LogP contribution in [-0.4, -0.2) is 74.3 Å². The van der Waals surface area contributed by atoms with Crippen molar-refractivity contribution in [3.8, 4) is 11.5 Å². The normalized spacial score (nSPS) is 14.1. The molecule has 3 aromatic rings. The number of nitro benzene ring substituents is 1. The molecule has 1 aromatic heterocycles. The standard InChI is InChI=1S/C23H25FN4O6S/c1-32-18-13-15(17(28(30)31)14-19(18)33-2)22(29)27(8-4-7-26-9-11-34-12-10-26)23-25-21-16(24)5-3-6-20(21)35-23/h3,5-6,13-14H,4,7-12H2,1-2H3. The number of benzene rings is 2. The number of carbonyl (C=O) groups excluding carboxylic acids is 1. The molecule has 2 aromatic carbocycles. The number of thiazole rings is 1. The smallest absolute Gasteiger partial charge is 0.286 e. The number of aromatic nitrogens is 1. The average molecular weight is 505 g/mol. The first-order valence-electron chi connectivity index (χ1n) is 11.0. The summed E-state index contributed by atoms with van der Waals surface area (Å²) >= 11 is 1.16. The van der Waals surface area contributed by atoms with E-state index >= 15 is 0 Å². The van der Waals surface area contributed by atoms with Gasteiger partial charge in [0.05, 0.1) is 43.1 Å². The van der Waals surface area contributed by atoms with Crippen LogP contribution in [-0.2, 0) is 4.74 Å². The number of ether oxygens (including phenoxy) is 3. The van der Waals surface area contributed by atoms with E-state index in [1.807, 2.05) is 0 Å². The van der Waals surface area contributed by atoms with E-state index in [0.29, 0.717) is 30.9 Å². The van der Waals surface area contributed by atoms with Gasteiger partial charge in [-0.05, 0) is 18.6 Å². The van der Waals surface area contributed by atoms with E-state index in [0.717, 1.165) is 30.5 Å². The molecule has 10 nitrogen and oxygen atoms in total. The molecule has 1 saturated heterocycles. The SMILES string of the molecule is COc1cc(C(=O)N(CCCN2CCOCC2)c2nc3c(F)cccc3s2)c([N+](=O)[O-])cc1OC. The lowest BCUT2D eigenvalue weighted by molar-refractivity contribution is -0.385. The third-order valence-corrected chi connectivity index (χ3v) is 6.77. The highest BCUT2D eigenvalue weighted by molar-refractivity contribution is 7.22. The fourth-order valence-electron chi connectivity index (χ4n) is 3.92. The maximum atomic E-state index is 14.3. The van der Waals surface area contributed by atoms with Crippen molar-refractivity contribution >= 4 is 38.3 Å². The van der Waals surface area contributed by atoms with E-state index < -0.39 is 22.3 Å². The van der Waals surface area contributed by atoms with Gasteiger partial charge in [0, 0.05) is 32.2 Å². The molecule has 1 aliphatic heterocycles. The largest absolute Gasteiger partial charge is 0.493 e. The van der Waals surface area contributed by atoms with E-state index in [9.17, 15) is 19.3 Å². The monoisotopic (exact) mass is 504 g/mol. The molecule has 0 N–H and O–H groups in total. The highest BCUT2D eigenvalue weighted by atomic mass is 32.1. The Morgan fingerprint density at radius 3 is 2.63 bits per heavy atom. The van der Waals surface area contributed by atoms with Crippen LogP contribution in [0.2, 0.25) is 0 Å². The Labute approximate surface area is 205 Å². The Hall–Kier alpha value is -3.35. The van der Waals surface area contributed by atoms with E-state index in [4.69, 9.17) is 14.2 Å².